The highest BCUT2D eigenvalue weighted by Gasteiger charge is 2.12. The van der Waals surface area contributed by atoms with Crippen LogP contribution in [0.5, 0.6) is 0 Å². The Kier molecular flexibility index (Phi) is 7.31. The van der Waals surface area contributed by atoms with Crippen molar-refractivity contribution in [1.29, 1.82) is 0 Å². The van der Waals surface area contributed by atoms with E-state index in [-0.39, 0.29) is 0 Å². The number of hydrogen-bond acceptors (Lipinski definition) is 3. The molecule has 0 aliphatic heterocycles. The van der Waals surface area contributed by atoms with Crippen molar-refractivity contribution in [3.8, 4) is 0 Å². The molecule has 2 aromatic rings. The van der Waals surface area contributed by atoms with Crippen LogP contribution in [0.25, 0.3) is 11.0 Å². The minimum Gasteiger partial charge on any atom is -0.376 e. The lowest BCUT2D eigenvalue weighted by atomic mass is 10.1. The van der Waals surface area contributed by atoms with Crippen LogP contribution in [0.15, 0.2) is 29.3 Å². The number of aliphatic imine (C=N–C) groups is 1. The van der Waals surface area contributed by atoms with Crippen LogP contribution < -0.4 is 10.6 Å². The topological polar surface area (TPSA) is 74.3 Å². The number of nitrogens with one attached hydrogen (secondary N) is 3. The van der Waals surface area contributed by atoms with E-state index in [1.54, 1.807) is 7.05 Å². The lowest BCUT2D eigenvalue weighted by Crippen LogP contribution is -2.40. The highest BCUT2D eigenvalue weighted by Crippen LogP contribution is 2.19. The third kappa shape index (κ3) is 5.73. The number of nitrogens with zero attached hydrogens (tertiary/aromatic N) is 2. The van der Waals surface area contributed by atoms with Gasteiger partial charge in [0.25, 0.3) is 0 Å². The molecule has 0 saturated heterocycles. The lowest BCUT2D eigenvalue weighted by molar-refractivity contribution is 0.0468. The van der Waals surface area contributed by atoms with Crippen molar-refractivity contribution >= 4 is 17.0 Å². The highest BCUT2D eigenvalue weighted by atomic mass is 16.5. The summed E-state index contributed by atoms with van der Waals surface area (Å²) in [5.74, 6) is 1.80. The first-order valence-corrected chi connectivity index (χ1v) is 9.85. The molecule has 0 bridgehead atoms. The van der Waals surface area contributed by atoms with E-state index in [1.165, 1.54) is 38.5 Å². The summed E-state index contributed by atoms with van der Waals surface area (Å²) in [5.41, 5.74) is 2.10. The molecule has 6 heteroatoms. The standard InChI is InChI=1S/C20H31N5O/c1-21-20(23-14-15-26-16-8-4-2-3-5-9-16)22-13-12-19-24-17-10-6-7-11-18(17)25-19/h6-7,10-11,16H,2-5,8-9,12-15H2,1H3,(H,24,25)(H2,21,22,23). The number of benzene rings is 1. The SMILES string of the molecule is CN=C(NCCOC1CCCCCC1)NCCc1nc2ccccc2[nH]1. The largest absolute Gasteiger partial charge is 0.376 e. The summed E-state index contributed by atoms with van der Waals surface area (Å²) in [4.78, 5) is 12.2. The van der Waals surface area contributed by atoms with Crippen LogP contribution >= 0.6 is 0 Å². The smallest absolute Gasteiger partial charge is 0.191 e. The Labute approximate surface area is 155 Å². The van der Waals surface area contributed by atoms with Crippen molar-refractivity contribution in [3.63, 3.8) is 0 Å². The third-order valence-corrected chi connectivity index (χ3v) is 4.87. The molecule has 0 atom stereocenters. The van der Waals surface area contributed by atoms with Crippen LogP contribution in [0.3, 0.4) is 0 Å². The Balaban J connectivity index is 1.32. The van der Waals surface area contributed by atoms with Gasteiger partial charge in [-0.1, -0.05) is 37.8 Å². The predicted molar refractivity (Wildman–Crippen MR) is 107 cm³/mol. The fraction of sp³-hybridized carbons (Fsp3) is 0.600. The van der Waals surface area contributed by atoms with E-state index in [0.29, 0.717) is 6.10 Å². The molecule has 1 fully saturated rings. The first kappa shape index (κ1) is 18.7. The van der Waals surface area contributed by atoms with Gasteiger partial charge in [0.05, 0.1) is 23.7 Å². The molecule has 1 aromatic heterocycles. The molecule has 26 heavy (non-hydrogen) atoms. The molecule has 1 aromatic carbocycles. The second-order valence-corrected chi connectivity index (χ2v) is 6.86. The number of para-hydroxylation sites is 2. The van der Waals surface area contributed by atoms with Crippen LogP contribution in [0, 0.1) is 0 Å². The molecular weight excluding hydrogens is 326 g/mol. The number of rotatable bonds is 7. The maximum atomic E-state index is 6.01. The van der Waals surface area contributed by atoms with Gasteiger partial charge in [-0.05, 0) is 25.0 Å². The molecule has 1 aliphatic rings. The zero-order valence-electron chi connectivity index (χ0n) is 15.8. The second-order valence-electron chi connectivity index (χ2n) is 6.86. The van der Waals surface area contributed by atoms with Crippen LogP contribution in [-0.2, 0) is 11.2 Å². The normalized spacial score (nSPS) is 16.6. The van der Waals surface area contributed by atoms with E-state index < -0.39 is 0 Å². The average molecular weight is 358 g/mol. The van der Waals surface area contributed by atoms with Crippen LogP contribution in [0.4, 0.5) is 0 Å². The van der Waals surface area contributed by atoms with Crippen molar-refractivity contribution < 1.29 is 4.74 Å². The number of aromatic nitrogens is 2. The van der Waals surface area contributed by atoms with Crippen molar-refractivity contribution in [3.05, 3.63) is 30.1 Å². The van der Waals surface area contributed by atoms with Crippen molar-refractivity contribution in [2.75, 3.05) is 26.7 Å². The van der Waals surface area contributed by atoms with Gasteiger partial charge in [-0.15, -0.1) is 0 Å². The molecule has 1 heterocycles. The zero-order valence-corrected chi connectivity index (χ0v) is 15.8. The summed E-state index contributed by atoms with van der Waals surface area (Å²) in [6.07, 6.45) is 9.04. The van der Waals surface area contributed by atoms with Gasteiger partial charge < -0.3 is 20.4 Å². The minimum absolute atomic E-state index is 0.447. The van der Waals surface area contributed by atoms with Gasteiger partial charge in [0.1, 0.15) is 5.82 Å². The second kappa shape index (κ2) is 10.2. The third-order valence-electron chi connectivity index (χ3n) is 4.87. The van der Waals surface area contributed by atoms with Gasteiger partial charge >= 0.3 is 0 Å². The first-order chi connectivity index (χ1) is 12.8. The molecule has 6 nitrogen and oxygen atoms in total. The van der Waals surface area contributed by atoms with Gasteiger partial charge in [0.2, 0.25) is 0 Å². The van der Waals surface area contributed by atoms with Gasteiger partial charge in [-0.2, -0.15) is 0 Å². The minimum atomic E-state index is 0.447. The molecule has 0 radical (unpaired) electrons. The van der Waals surface area contributed by atoms with Gasteiger partial charge in [-0.25, -0.2) is 4.98 Å². The quantitative estimate of drug-likeness (QED) is 0.308. The van der Waals surface area contributed by atoms with E-state index in [9.17, 15) is 0 Å². The molecule has 3 N–H and O–H groups in total. The molecular formula is C20H31N5O. The van der Waals surface area contributed by atoms with E-state index in [2.05, 4.69) is 25.6 Å². The van der Waals surface area contributed by atoms with Gasteiger partial charge in [0, 0.05) is 26.6 Å². The van der Waals surface area contributed by atoms with E-state index in [1.807, 2.05) is 24.3 Å². The first-order valence-electron chi connectivity index (χ1n) is 9.85. The maximum Gasteiger partial charge on any atom is 0.191 e. The number of fused-ring (bicyclic) bond motifs is 1. The summed E-state index contributed by atoms with van der Waals surface area (Å²) >= 11 is 0. The van der Waals surface area contributed by atoms with E-state index >= 15 is 0 Å². The number of H-pyrrole nitrogens is 1. The highest BCUT2D eigenvalue weighted by molar-refractivity contribution is 5.79. The lowest BCUT2D eigenvalue weighted by Gasteiger charge is -2.16. The van der Waals surface area contributed by atoms with Gasteiger partial charge in [0.15, 0.2) is 5.96 Å². The van der Waals surface area contributed by atoms with Crippen LogP contribution in [0.2, 0.25) is 0 Å². The number of guanidine groups is 1. The molecule has 1 aliphatic carbocycles. The fourth-order valence-corrected chi connectivity index (χ4v) is 3.45. The zero-order chi connectivity index (χ0) is 18.0. The molecule has 0 unspecified atom stereocenters. The summed E-state index contributed by atoms with van der Waals surface area (Å²) in [7, 11) is 1.79. The maximum absolute atomic E-state index is 6.01. The Bertz CT molecular complexity index is 655. The summed E-state index contributed by atoms with van der Waals surface area (Å²) in [6.45, 7) is 2.29. The Morgan fingerprint density at radius 3 is 2.69 bits per heavy atom. The van der Waals surface area contributed by atoms with Gasteiger partial charge in [-0.3, -0.25) is 4.99 Å². The monoisotopic (exact) mass is 357 g/mol. The number of hydrogen-bond donors (Lipinski definition) is 3. The number of ether oxygens (including phenoxy) is 1. The van der Waals surface area contributed by atoms with Crippen molar-refractivity contribution in [2.45, 2.75) is 51.0 Å². The molecule has 142 valence electrons. The predicted octanol–water partition coefficient (Wildman–Crippen LogP) is 3.01. The Morgan fingerprint density at radius 1 is 1.15 bits per heavy atom. The Morgan fingerprint density at radius 2 is 1.92 bits per heavy atom. The molecule has 1 saturated carbocycles. The van der Waals surface area contributed by atoms with Crippen LogP contribution in [0.1, 0.15) is 44.3 Å². The molecule has 0 spiro atoms. The van der Waals surface area contributed by atoms with E-state index in [4.69, 9.17) is 4.74 Å². The molecule has 3 rings (SSSR count). The summed E-state index contributed by atoms with van der Waals surface area (Å²) < 4.78 is 6.01. The fourth-order valence-electron chi connectivity index (χ4n) is 3.45. The molecule has 0 amide bonds. The van der Waals surface area contributed by atoms with Crippen molar-refractivity contribution in [2.24, 2.45) is 4.99 Å². The average Bonchev–Trinajstić information content (AvgIpc) is 2.90. The van der Waals surface area contributed by atoms with Crippen molar-refractivity contribution in [1.82, 2.24) is 20.6 Å². The van der Waals surface area contributed by atoms with E-state index in [0.717, 1.165) is 48.9 Å². The summed E-state index contributed by atoms with van der Waals surface area (Å²) in [6, 6.07) is 8.10. The number of imidazole rings is 1. The number of aromatic amines is 1. The van der Waals surface area contributed by atoms with Crippen LogP contribution in [-0.4, -0.2) is 48.8 Å². The summed E-state index contributed by atoms with van der Waals surface area (Å²) in [5, 5.41) is 6.65. The Hall–Kier alpha value is -2.08.